The molecule has 1 atom stereocenters. The summed E-state index contributed by atoms with van der Waals surface area (Å²) < 4.78 is 6.25. The van der Waals surface area contributed by atoms with Gasteiger partial charge in [-0.3, -0.25) is 14.8 Å². The van der Waals surface area contributed by atoms with Gasteiger partial charge < -0.3 is 10.1 Å². The van der Waals surface area contributed by atoms with Crippen molar-refractivity contribution in [2.45, 2.75) is 90.5 Å². The summed E-state index contributed by atoms with van der Waals surface area (Å²) in [5.74, 6) is 1.24. The average molecular weight is 614 g/mol. The van der Waals surface area contributed by atoms with Crippen molar-refractivity contribution in [2.24, 2.45) is 5.92 Å². The molecule has 5 rings (SSSR count). The number of aromatic nitrogens is 1. The van der Waals surface area contributed by atoms with Gasteiger partial charge in [-0.15, -0.1) is 11.3 Å². The van der Waals surface area contributed by atoms with E-state index in [1.807, 2.05) is 42.5 Å². The second-order valence-corrected chi connectivity index (χ2v) is 14.4. The molecule has 2 amide bonds. The number of hydroxylamine groups is 1. The highest BCUT2D eigenvalue weighted by molar-refractivity contribution is 7.12. The summed E-state index contributed by atoms with van der Waals surface area (Å²) in [5.41, 5.74) is 4.13. The van der Waals surface area contributed by atoms with Crippen molar-refractivity contribution < 1.29 is 19.5 Å². The Labute approximate surface area is 264 Å². The average Bonchev–Trinajstić information content (AvgIpc) is 3.69. The first-order chi connectivity index (χ1) is 21.0. The van der Waals surface area contributed by atoms with Gasteiger partial charge >= 0.3 is 0 Å². The molecule has 0 spiro atoms. The van der Waals surface area contributed by atoms with Crippen molar-refractivity contribution in [2.75, 3.05) is 0 Å². The highest BCUT2D eigenvalue weighted by Gasteiger charge is 2.25. The van der Waals surface area contributed by atoms with Gasteiger partial charge in [-0.1, -0.05) is 78.5 Å². The van der Waals surface area contributed by atoms with Crippen LogP contribution in [-0.2, 0) is 23.1 Å². The molecule has 1 aliphatic carbocycles. The van der Waals surface area contributed by atoms with E-state index in [4.69, 9.17) is 9.72 Å². The highest BCUT2D eigenvalue weighted by Crippen LogP contribution is 2.33. The van der Waals surface area contributed by atoms with E-state index in [9.17, 15) is 14.8 Å². The SMILES string of the molecule is CC(C)c1ccc(CC(NC(=O)c2cc3ccc(Oc4ccc(C(C)(C)C)cc4)cc3c(CC3CCCC3)n2)C(=O)NO)s1. The third kappa shape index (κ3) is 7.66. The quantitative estimate of drug-likeness (QED) is 0.124. The zero-order valence-corrected chi connectivity index (χ0v) is 27.1. The summed E-state index contributed by atoms with van der Waals surface area (Å²) in [6.07, 6.45) is 5.76. The molecule has 0 bridgehead atoms. The van der Waals surface area contributed by atoms with Crippen LogP contribution in [0, 0.1) is 5.92 Å². The van der Waals surface area contributed by atoms with Crippen LogP contribution in [0.5, 0.6) is 11.5 Å². The molecule has 2 heterocycles. The Morgan fingerprint density at radius 2 is 1.70 bits per heavy atom. The number of fused-ring (bicyclic) bond motifs is 1. The van der Waals surface area contributed by atoms with Crippen LogP contribution in [0.15, 0.2) is 60.7 Å². The van der Waals surface area contributed by atoms with E-state index in [0.29, 0.717) is 17.6 Å². The third-order valence-corrected chi connectivity index (χ3v) is 9.83. The number of hydrogen-bond acceptors (Lipinski definition) is 6. The monoisotopic (exact) mass is 613 g/mol. The van der Waals surface area contributed by atoms with Crippen LogP contribution in [0.1, 0.15) is 97.7 Å². The van der Waals surface area contributed by atoms with Gasteiger partial charge in [-0.05, 0) is 77.1 Å². The van der Waals surface area contributed by atoms with Crippen molar-refractivity contribution in [3.63, 3.8) is 0 Å². The number of ether oxygens (including phenoxy) is 1. The lowest BCUT2D eigenvalue weighted by Crippen LogP contribution is -2.47. The Morgan fingerprint density at radius 3 is 2.34 bits per heavy atom. The first kappa shape index (κ1) is 31.7. The Bertz CT molecular complexity index is 1610. The topological polar surface area (TPSA) is 101 Å². The zero-order chi connectivity index (χ0) is 31.4. The van der Waals surface area contributed by atoms with Gasteiger partial charge in [-0.25, -0.2) is 10.5 Å². The minimum Gasteiger partial charge on any atom is -0.457 e. The van der Waals surface area contributed by atoms with E-state index < -0.39 is 17.9 Å². The lowest BCUT2D eigenvalue weighted by Gasteiger charge is -2.19. The number of amides is 2. The second kappa shape index (κ2) is 13.5. The summed E-state index contributed by atoms with van der Waals surface area (Å²) >= 11 is 1.61. The van der Waals surface area contributed by atoms with Crippen LogP contribution in [-0.4, -0.2) is 28.0 Å². The Kier molecular flexibility index (Phi) is 9.71. The van der Waals surface area contributed by atoms with Gasteiger partial charge in [0.25, 0.3) is 11.8 Å². The van der Waals surface area contributed by atoms with Crippen molar-refractivity contribution in [1.82, 2.24) is 15.8 Å². The fourth-order valence-electron chi connectivity index (χ4n) is 5.81. The molecular weight excluding hydrogens is 570 g/mol. The Hall–Kier alpha value is -3.75. The summed E-state index contributed by atoms with van der Waals surface area (Å²) in [4.78, 5) is 33.2. The van der Waals surface area contributed by atoms with Crippen molar-refractivity contribution >= 4 is 33.9 Å². The molecule has 44 heavy (non-hydrogen) atoms. The molecule has 4 aromatic rings. The summed E-state index contributed by atoms with van der Waals surface area (Å²) in [6, 6.07) is 18.9. The zero-order valence-electron chi connectivity index (χ0n) is 26.3. The van der Waals surface area contributed by atoms with Gasteiger partial charge in [0.05, 0.1) is 0 Å². The maximum Gasteiger partial charge on any atom is 0.270 e. The largest absolute Gasteiger partial charge is 0.457 e. The molecule has 3 N–H and O–H groups in total. The number of carbonyl (C=O) groups excluding carboxylic acids is 2. The van der Waals surface area contributed by atoms with Crippen molar-refractivity contribution in [3.8, 4) is 11.5 Å². The number of benzene rings is 2. The summed E-state index contributed by atoms with van der Waals surface area (Å²) in [7, 11) is 0. The van der Waals surface area contributed by atoms with Crippen LogP contribution < -0.4 is 15.5 Å². The number of thiophene rings is 1. The molecule has 1 fully saturated rings. The molecule has 2 aromatic carbocycles. The van der Waals surface area contributed by atoms with Crippen LogP contribution in [0.2, 0.25) is 0 Å². The second-order valence-electron chi connectivity index (χ2n) is 13.2. The molecule has 7 nitrogen and oxygen atoms in total. The van der Waals surface area contributed by atoms with Crippen molar-refractivity contribution in [3.05, 3.63) is 87.4 Å². The first-order valence-electron chi connectivity index (χ1n) is 15.6. The normalized spacial score (nSPS) is 14.6. The van der Waals surface area contributed by atoms with Gasteiger partial charge in [-0.2, -0.15) is 0 Å². The lowest BCUT2D eigenvalue weighted by molar-refractivity contribution is -0.131. The third-order valence-electron chi connectivity index (χ3n) is 8.42. The van der Waals surface area contributed by atoms with Crippen molar-refractivity contribution in [1.29, 1.82) is 0 Å². The Balaban J connectivity index is 1.42. The van der Waals surface area contributed by atoms with Crippen LogP contribution >= 0.6 is 11.3 Å². The summed E-state index contributed by atoms with van der Waals surface area (Å²) in [5, 5.41) is 14.1. The number of rotatable bonds is 10. The minimum atomic E-state index is -0.942. The number of carbonyl (C=O) groups is 2. The van der Waals surface area contributed by atoms with E-state index in [2.05, 4.69) is 52.1 Å². The molecule has 1 saturated carbocycles. The molecule has 1 aliphatic rings. The smallest absolute Gasteiger partial charge is 0.270 e. The minimum absolute atomic E-state index is 0.0649. The summed E-state index contributed by atoms with van der Waals surface area (Å²) in [6.45, 7) is 10.8. The maximum atomic E-state index is 13.6. The lowest BCUT2D eigenvalue weighted by atomic mass is 9.87. The predicted molar refractivity (Wildman–Crippen MR) is 176 cm³/mol. The van der Waals surface area contributed by atoms with Gasteiger partial charge in [0, 0.05) is 27.3 Å². The Morgan fingerprint density at radius 1 is 1.00 bits per heavy atom. The standard InChI is InChI=1S/C36H43N3O4S/c1-22(2)33-17-16-28(44-33)21-32(35(41)39-42)38-34(40)31-19-24-10-13-27(43-26-14-11-25(12-15-26)36(3,4)5)20-29(24)30(37-31)18-23-8-6-7-9-23/h10-17,19-20,22-23,32,42H,6-9,18,21H2,1-5H3,(H,38,40)(H,39,41). The van der Waals surface area contributed by atoms with Crippen LogP contribution in [0.3, 0.4) is 0 Å². The molecule has 0 aliphatic heterocycles. The number of nitrogens with one attached hydrogen (secondary N) is 2. The molecule has 1 unspecified atom stereocenters. The molecule has 8 heteroatoms. The molecule has 232 valence electrons. The fourth-order valence-corrected chi connectivity index (χ4v) is 6.87. The number of pyridine rings is 1. The van der Waals surface area contributed by atoms with Crippen LogP contribution in [0.25, 0.3) is 10.8 Å². The van der Waals surface area contributed by atoms with E-state index in [1.54, 1.807) is 22.9 Å². The fraction of sp³-hybridized carbons (Fsp3) is 0.417. The number of hydrogen-bond donors (Lipinski definition) is 3. The molecule has 0 radical (unpaired) electrons. The van der Waals surface area contributed by atoms with E-state index >= 15 is 0 Å². The van der Waals surface area contributed by atoms with Crippen LogP contribution in [0.4, 0.5) is 0 Å². The molecule has 0 saturated heterocycles. The van der Waals surface area contributed by atoms with Gasteiger partial charge in [0.1, 0.15) is 23.2 Å². The van der Waals surface area contributed by atoms with E-state index in [1.165, 1.54) is 23.3 Å². The maximum absolute atomic E-state index is 13.6. The molecular formula is C36H43N3O4S. The predicted octanol–water partition coefficient (Wildman–Crippen LogP) is 8.09. The number of nitrogens with zero attached hydrogens (tertiary/aromatic N) is 1. The molecule has 2 aromatic heterocycles. The first-order valence-corrected chi connectivity index (χ1v) is 16.4. The van der Waals surface area contributed by atoms with Gasteiger partial charge in [0.2, 0.25) is 0 Å². The van der Waals surface area contributed by atoms with Gasteiger partial charge in [0.15, 0.2) is 0 Å². The van der Waals surface area contributed by atoms with E-state index in [0.717, 1.165) is 46.4 Å². The highest BCUT2D eigenvalue weighted by atomic mass is 32.1. The van der Waals surface area contributed by atoms with E-state index in [-0.39, 0.29) is 17.5 Å².